The molecule has 1 aliphatic carbocycles. The van der Waals surface area contributed by atoms with Crippen LogP contribution < -0.4 is 4.74 Å². The average molecular weight is 455 g/mol. The summed E-state index contributed by atoms with van der Waals surface area (Å²) in [6.45, 7) is 2.90. The fourth-order valence-electron chi connectivity index (χ4n) is 4.80. The van der Waals surface area contributed by atoms with Gasteiger partial charge >= 0.3 is 0 Å². The van der Waals surface area contributed by atoms with Gasteiger partial charge in [0.2, 0.25) is 0 Å². The van der Waals surface area contributed by atoms with Gasteiger partial charge in [-0.05, 0) is 84.9 Å². The SMILES string of the molecule is CCOCc1ccc(C2CCC(c3ccc(-c4ccc(OC)cc4)c(F)c3F)CC2)c(F)c1. The van der Waals surface area contributed by atoms with Gasteiger partial charge in [0.05, 0.1) is 13.7 Å². The first-order valence-corrected chi connectivity index (χ1v) is 11.5. The van der Waals surface area contributed by atoms with Gasteiger partial charge < -0.3 is 9.47 Å². The van der Waals surface area contributed by atoms with Gasteiger partial charge in [0, 0.05) is 12.2 Å². The molecule has 3 aromatic rings. The van der Waals surface area contributed by atoms with Crippen LogP contribution in [-0.4, -0.2) is 13.7 Å². The predicted molar refractivity (Wildman–Crippen MR) is 124 cm³/mol. The molecule has 0 saturated heterocycles. The molecule has 1 saturated carbocycles. The minimum absolute atomic E-state index is 0.0686. The Balaban J connectivity index is 1.46. The summed E-state index contributed by atoms with van der Waals surface area (Å²) < 4.78 is 55.1. The second-order valence-electron chi connectivity index (χ2n) is 8.60. The fourth-order valence-corrected chi connectivity index (χ4v) is 4.80. The van der Waals surface area contributed by atoms with Crippen molar-refractivity contribution in [2.75, 3.05) is 13.7 Å². The van der Waals surface area contributed by atoms with Crippen LogP contribution in [0.15, 0.2) is 54.6 Å². The van der Waals surface area contributed by atoms with Gasteiger partial charge in [-0.1, -0.05) is 36.4 Å². The Bertz CT molecular complexity index is 1090. The third kappa shape index (κ3) is 5.09. The number of ether oxygens (including phenoxy) is 2. The summed E-state index contributed by atoms with van der Waals surface area (Å²) in [5.74, 6) is -1.13. The normalized spacial score (nSPS) is 18.3. The lowest BCUT2D eigenvalue weighted by Crippen LogP contribution is -2.15. The van der Waals surface area contributed by atoms with Crippen molar-refractivity contribution in [3.63, 3.8) is 0 Å². The molecule has 1 fully saturated rings. The van der Waals surface area contributed by atoms with Crippen LogP contribution >= 0.6 is 0 Å². The standard InChI is InChI=1S/C28H29F3O2/c1-3-33-17-18-4-13-23(26(29)16-18)19-5-7-20(8-6-19)24-14-15-25(28(31)27(24)30)21-9-11-22(32-2)12-10-21/h4,9-16,19-20H,3,5-8,17H2,1-2H3. The van der Waals surface area contributed by atoms with Crippen LogP contribution in [-0.2, 0) is 11.3 Å². The van der Waals surface area contributed by atoms with Gasteiger partial charge in [-0.15, -0.1) is 0 Å². The summed E-state index contributed by atoms with van der Waals surface area (Å²) in [5.41, 5.74) is 2.78. The molecule has 0 heterocycles. The summed E-state index contributed by atoms with van der Waals surface area (Å²) >= 11 is 0. The van der Waals surface area contributed by atoms with Crippen molar-refractivity contribution in [3.8, 4) is 16.9 Å². The Labute approximate surface area is 193 Å². The Hall–Kier alpha value is -2.79. The lowest BCUT2D eigenvalue weighted by atomic mass is 9.75. The Morgan fingerprint density at radius 1 is 0.788 bits per heavy atom. The predicted octanol–water partition coefficient (Wildman–Crippen LogP) is 7.76. The van der Waals surface area contributed by atoms with E-state index in [2.05, 4.69) is 0 Å². The van der Waals surface area contributed by atoms with E-state index in [-0.39, 0.29) is 23.2 Å². The van der Waals surface area contributed by atoms with Crippen molar-refractivity contribution >= 4 is 0 Å². The Morgan fingerprint density at radius 2 is 1.42 bits per heavy atom. The van der Waals surface area contributed by atoms with E-state index in [0.717, 1.165) is 18.4 Å². The van der Waals surface area contributed by atoms with Crippen LogP contribution in [0.2, 0.25) is 0 Å². The van der Waals surface area contributed by atoms with Gasteiger partial charge in [-0.2, -0.15) is 0 Å². The molecule has 3 aromatic carbocycles. The first kappa shape index (κ1) is 23.4. The maximum absolute atomic E-state index is 15.0. The summed E-state index contributed by atoms with van der Waals surface area (Å²) in [7, 11) is 1.56. The van der Waals surface area contributed by atoms with Crippen molar-refractivity contribution in [1.29, 1.82) is 0 Å². The van der Waals surface area contributed by atoms with Crippen LogP contribution in [0.25, 0.3) is 11.1 Å². The molecule has 33 heavy (non-hydrogen) atoms. The smallest absolute Gasteiger partial charge is 0.166 e. The summed E-state index contributed by atoms with van der Waals surface area (Å²) in [5, 5.41) is 0. The van der Waals surface area contributed by atoms with Gasteiger partial charge in [0.25, 0.3) is 0 Å². The van der Waals surface area contributed by atoms with Crippen molar-refractivity contribution in [2.24, 2.45) is 0 Å². The average Bonchev–Trinajstić information content (AvgIpc) is 2.85. The molecule has 2 nitrogen and oxygen atoms in total. The first-order chi connectivity index (χ1) is 16.0. The fraction of sp³-hybridized carbons (Fsp3) is 0.357. The van der Waals surface area contributed by atoms with E-state index in [4.69, 9.17) is 9.47 Å². The summed E-state index contributed by atoms with van der Waals surface area (Å²) in [4.78, 5) is 0. The third-order valence-corrected chi connectivity index (χ3v) is 6.66. The van der Waals surface area contributed by atoms with Crippen LogP contribution in [0.1, 0.15) is 61.1 Å². The summed E-state index contributed by atoms with van der Waals surface area (Å²) in [6.07, 6.45) is 2.88. The minimum atomic E-state index is -0.823. The second-order valence-corrected chi connectivity index (χ2v) is 8.60. The lowest BCUT2D eigenvalue weighted by Gasteiger charge is -2.30. The highest BCUT2D eigenvalue weighted by atomic mass is 19.2. The van der Waals surface area contributed by atoms with Crippen LogP contribution in [0, 0.1) is 17.5 Å². The van der Waals surface area contributed by atoms with E-state index in [1.807, 2.05) is 19.1 Å². The van der Waals surface area contributed by atoms with Gasteiger partial charge in [0.15, 0.2) is 11.6 Å². The Morgan fingerprint density at radius 3 is 2.03 bits per heavy atom. The number of methoxy groups -OCH3 is 1. The molecule has 0 amide bonds. The zero-order chi connectivity index (χ0) is 23.4. The molecule has 0 bridgehead atoms. The monoisotopic (exact) mass is 454 g/mol. The van der Waals surface area contributed by atoms with E-state index in [0.29, 0.717) is 48.5 Å². The molecule has 0 aliphatic heterocycles. The van der Waals surface area contributed by atoms with E-state index in [1.54, 1.807) is 49.6 Å². The van der Waals surface area contributed by atoms with Crippen molar-refractivity contribution in [1.82, 2.24) is 0 Å². The van der Waals surface area contributed by atoms with Crippen LogP contribution in [0.5, 0.6) is 5.75 Å². The van der Waals surface area contributed by atoms with Gasteiger partial charge in [-0.25, -0.2) is 13.2 Å². The van der Waals surface area contributed by atoms with Crippen LogP contribution in [0.4, 0.5) is 13.2 Å². The van der Waals surface area contributed by atoms with Crippen molar-refractivity contribution in [2.45, 2.75) is 51.0 Å². The highest BCUT2D eigenvalue weighted by Crippen LogP contribution is 2.43. The van der Waals surface area contributed by atoms with E-state index >= 15 is 4.39 Å². The number of hydrogen-bond donors (Lipinski definition) is 0. The van der Waals surface area contributed by atoms with E-state index < -0.39 is 11.6 Å². The maximum atomic E-state index is 15.0. The second kappa shape index (κ2) is 10.4. The molecule has 0 spiro atoms. The molecule has 5 heteroatoms. The van der Waals surface area contributed by atoms with Gasteiger partial charge in [-0.3, -0.25) is 0 Å². The molecule has 174 valence electrons. The van der Waals surface area contributed by atoms with Crippen molar-refractivity contribution < 1.29 is 22.6 Å². The molecule has 0 N–H and O–H groups in total. The zero-order valence-electron chi connectivity index (χ0n) is 19.0. The lowest BCUT2D eigenvalue weighted by molar-refractivity contribution is 0.134. The quantitative estimate of drug-likeness (QED) is 0.363. The maximum Gasteiger partial charge on any atom is 0.166 e. The number of rotatable bonds is 7. The van der Waals surface area contributed by atoms with Gasteiger partial charge in [0.1, 0.15) is 11.6 Å². The molecule has 0 radical (unpaired) electrons. The highest BCUT2D eigenvalue weighted by Gasteiger charge is 2.28. The molecule has 1 aliphatic rings. The molecular weight excluding hydrogens is 425 g/mol. The molecule has 0 atom stereocenters. The largest absolute Gasteiger partial charge is 0.497 e. The molecule has 0 unspecified atom stereocenters. The topological polar surface area (TPSA) is 18.5 Å². The van der Waals surface area contributed by atoms with Crippen molar-refractivity contribution in [3.05, 3.63) is 88.7 Å². The number of hydrogen-bond acceptors (Lipinski definition) is 2. The summed E-state index contributed by atoms with van der Waals surface area (Å²) in [6, 6.07) is 15.5. The number of halogens is 3. The highest BCUT2D eigenvalue weighted by molar-refractivity contribution is 5.65. The molecular formula is C28H29F3O2. The zero-order valence-corrected chi connectivity index (χ0v) is 19.0. The third-order valence-electron chi connectivity index (χ3n) is 6.66. The minimum Gasteiger partial charge on any atom is -0.497 e. The Kier molecular flexibility index (Phi) is 7.39. The number of benzene rings is 3. The molecule has 4 rings (SSSR count). The van der Waals surface area contributed by atoms with Crippen LogP contribution in [0.3, 0.4) is 0 Å². The first-order valence-electron chi connectivity index (χ1n) is 11.5. The van der Waals surface area contributed by atoms with E-state index in [1.165, 1.54) is 0 Å². The van der Waals surface area contributed by atoms with E-state index in [9.17, 15) is 8.78 Å². The molecule has 0 aromatic heterocycles.